The van der Waals surface area contributed by atoms with E-state index in [1.165, 1.54) is 0 Å². The molecule has 0 bridgehead atoms. The first-order valence-corrected chi connectivity index (χ1v) is 28.8. The molecular weight excluding hydrogens is 1190 g/mol. The standard InChI is InChI=1S/6C4H10O.4C3H8O.10C3H7.5Ti/c2*1-4(2,3)5;2*1-3-4(2)5;2*1-2-3-4-5;2*1-3(2)4;2*1-2-3-4;10*1-3-2;;;;;/h2*5H,1-3H3;2*4-5H,3H2,1-2H3;2*5H,2-4H2,1H3;2*3-4H,1-2H3;2*4H,2-3H2,1H3;10*3H,1-2H3;;;;;/q;;;;;;;;;;10*-1;5*+2. The number of unbranched alkanes of at least 4 members (excludes halogenated alkanes) is 2. The second-order valence-corrected chi connectivity index (χ2v) is 18.4. The van der Waals surface area contributed by atoms with Crippen molar-refractivity contribution in [1.82, 2.24) is 0 Å². The van der Waals surface area contributed by atoms with Crippen LogP contribution in [0.1, 0.15) is 314 Å². The number of rotatable bonds is 8. The van der Waals surface area contributed by atoms with E-state index in [4.69, 9.17) is 51.1 Å². The molecule has 0 aromatic rings. The smallest absolute Gasteiger partial charge is 0.396 e. The summed E-state index contributed by atoms with van der Waals surface area (Å²) >= 11 is 0. The zero-order valence-corrected chi connectivity index (χ0v) is 70.3. The molecule has 15 heteroatoms. The van der Waals surface area contributed by atoms with Crippen molar-refractivity contribution in [3.8, 4) is 0 Å². The summed E-state index contributed by atoms with van der Waals surface area (Å²) in [6, 6.07) is 0. The zero-order chi connectivity index (χ0) is 66.9. The van der Waals surface area contributed by atoms with Gasteiger partial charge in [-0.25, -0.2) is 0 Å². The Bertz CT molecular complexity index is 456. The predicted molar refractivity (Wildman–Crippen MR) is 358 cm³/mol. The first-order valence-electron chi connectivity index (χ1n) is 28.8. The summed E-state index contributed by atoms with van der Waals surface area (Å²) in [5, 5.41) is 81.8. The van der Waals surface area contributed by atoms with Crippen molar-refractivity contribution in [2.24, 2.45) is 0 Å². The van der Waals surface area contributed by atoms with Crippen LogP contribution < -0.4 is 0 Å². The van der Waals surface area contributed by atoms with E-state index in [2.05, 4.69) is 13.8 Å². The predicted octanol–water partition coefficient (Wildman–Crippen LogP) is 18.5. The molecule has 0 aliphatic carbocycles. The Morgan fingerprint density at radius 2 is 0.333 bits per heavy atom. The van der Waals surface area contributed by atoms with Gasteiger partial charge in [-0.3, -0.25) is 0 Å². The fraction of sp³-hybridized carbons (Fsp3) is 0.848. The maximum Gasteiger partial charge on any atom is 2.00 e. The molecule has 506 valence electrons. The Labute approximate surface area is 595 Å². The van der Waals surface area contributed by atoms with E-state index in [1.54, 1.807) is 83.1 Å². The fourth-order valence-corrected chi connectivity index (χ4v) is 0.316. The second-order valence-electron chi connectivity index (χ2n) is 18.4. The maximum absolute atomic E-state index is 8.52. The molecule has 81 heavy (non-hydrogen) atoms. The maximum atomic E-state index is 8.52. The molecule has 0 radical (unpaired) electrons. The first kappa shape index (κ1) is 166. The van der Waals surface area contributed by atoms with Crippen LogP contribution in [0.4, 0.5) is 0 Å². The third-order valence-corrected chi connectivity index (χ3v) is 2.65. The van der Waals surface area contributed by atoms with Gasteiger partial charge in [0.25, 0.3) is 0 Å². The van der Waals surface area contributed by atoms with Crippen molar-refractivity contribution >= 4 is 0 Å². The monoisotopic (exact) mass is 1350 g/mol. The Morgan fingerprint density at radius 3 is 0.333 bits per heavy atom. The molecule has 0 aliphatic rings. The Kier molecular flexibility index (Phi) is 477. The van der Waals surface area contributed by atoms with Crippen LogP contribution in [-0.2, 0) is 109 Å². The molecule has 0 saturated heterocycles. The van der Waals surface area contributed by atoms with Gasteiger partial charge < -0.3 is 115 Å². The van der Waals surface area contributed by atoms with Crippen molar-refractivity contribution < 1.29 is 160 Å². The minimum Gasteiger partial charge on any atom is -0.396 e. The number of aliphatic hydroxyl groups is 10. The van der Waals surface area contributed by atoms with E-state index < -0.39 is 11.2 Å². The van der Waals surface area contributed by atoms with E-state index in [-0.39, 0.29) is 133 Å². The van der Waals surface area contributed by atoms with Crippen LogP contribution in [0.3, 0.4) is 0 Å². The SMILES string of the molecule is CC(C)(C)O.CC(C)(C)O.CC(C)O.CC(C)O.CCC(C)O.CCC(C)O.CCCCO.CCCCO.CCCO.CCCO.C[CH-]C.C[CH-]C.C[CH-]C.C[CH-]C.C[CH-]C.C[CH-]C.C[CH-]C.C[CH-]C.C[CH-]C.C[CH-]C.[Ti+2].[Ti+2].[Ti+2].[Ti+2].[Ti+2]. The molecule has 2 atom stereocenters. The largest absolute Gasteiger partial charge is 2.00 e. The van der Waals surface area contributed by atoms with Gasteiger partial charge in [-0.15, -0.1) is 0 Å². The van der Waals surface area contributed by atoms with Crippen molar-refractivity contribution in [2.75, 3.05) is 26.4 Å². The molecule has 10 N–H and O–H groups in total. The summed E-state index contributed by atoms with van der Waals surface area (Å²) in [7, 11) is 0. The normalized spacial score (nSPS) is 8.22. The number of hydrogen-bond acceptors (Lipinski definition) is 10. The van der Waals surface area contributed by atoms with Crippen molar-refractivity contribution in [2.45, 2.75) is 350 Å². The molecule has 0 aliphatic heterocycles. The van der Waals surface area contributed by atoms with E-state index in [0.29, 0.717) is 26.4 Å². The Morgan fingerprint density at radius 1 is 0.272 bits per heavy atom. The van der Waals surface area contributed by atoms with Gasteiger partial charge in [-0.05, 0) is 122 Å². The van der Waals surface area contributed by atoms with Crippen LogP contribution in [0.5, 0.6) is 0 Å². The molecular formula is C66H162O10Ti5. The Balaban J connectivity index is -0.0000000177. The minimum atomic E-state index is -0.500. The van der Waals surface area contributed by atoms with Gasteiger partial charge in [0.1, 0.15) is 0 Å². The minimum absolute atomic E-state index is 0. The van der Waals surface area contributed by atoms with Gasteiger partial charge >= 0.3 is 109 Å². The van der Waals surface area contributed by atoms with Crippen molar-refractivity contribution in [3.05, 3.63) is 64.2 Å². The van der Waals surface area contributed by atoms with Crippen LogP contribution in [0.25, 0.3) is 0 Å². The number of aliphatic hydroxyl groups excluding tert-OH is 8. The summed E-state index contributed by atoms with van der Waals surface area (Å²) in [6.07, 6.45) is 27.0. The molecule has 0 aromatic carbocycles. The van der Waals surface area contributed by atoms with Gasteiger partial charge in [-0.2, -0.15) is 138 Å². The first-order chi connectivity index (χ1) is 34.8. The van der Waals surface area contributed by atoms with Crippen LogP contribution in [0.15, 0.2) is 0 Å². The van der Waals surface area contributed by atoms with Crippen LogP contribution in [0.2, 0.25) is 0 Å². The summed E-state index contributed by atoms with van der Waals surface area (Å²) < 4.78 is 0. The molecule has 0 rings (SSSR count). The zero-order valence-electron chi connectivity index (χ0n) is 62.5. The molecule has 0 amide bonds. The third-order valence-electron chi connectivity index (χ3n) is 2.65. The van der Waals surface area contributed by atoms with Gasteiger partial charge in [0.2, 0.25) is 0 Å². The van der Waals surface area contributed by atoms with E-state index >= 15 is 0 Å². The molecule has 0 heterocycles. The van der Waals surface area contributed by atoms with Crippen LogP contribution in [-0.4, -0.2) is 113 Å². The average molecular weight is 1360 g/mol. The van der Waals surface area contributed by atoms with Crippen molar-refractivity contribution in [3.63, 3.8) is 0 Å². The van der Waals surface area contributed by atoms with E-state index in [9.17, 15) is 0 Å². The molecule has 10 nitrogen and oxygen atoms in total. The number of hydrogen-bond donors (Lipinski definition) is 10. The summed E-state index contributed by atoms with van der Waals surface area (Å²) in [6.45, 7) is 74.1. The summed E-state index contributed by atoms with van der Waals surface area (Å²) in [5.74, 6) is 0. The summed E-state index contributed by atoms with van der Waals surface area (Å²) in [5.41, 5.74) is -1.00. The molecule has 0 aromatic heterocycles. The second kappa shape index (κ2) is 232. The fourth-order valence-electron chi connectivity index (χ4n) is 0.316. The molecule has 0 fully saturated rings. The third kappa shape index (κ3) is 3160. The van der Waals surface area contributed by atoms with Gasteiger partial charge in [-0.1, -0.05) is 54.4 Å². The molecule has 2 unspecified atom stereocenters. The van der Waals surface area contributed by atoms with E-state index in [0.717, 1.165) is 51.4 Å². The van der Waals surface area contributed by atoms with Gasteiger partial charge in [0.05, 0.1) is 23.4 Å². The van der Waals surface area contributed by atoms with Crippen molar-refractivity contribution in [1.29, 1.82) is 0 Å². The van der Waals surface area contributed by atoms with E-state index in [1.807, 2.05) is 230 Å². The average Bonchev–Trinajstić information content (AvgIpc) is 3.26. The molecule has 0 saturated carbocycles. The topological polar surface area (TPSA) is 202 Å². The van der Waals surface area contributed by atoms with Crippen LogP contribution >= 0.6 is 0 Å². The quantitative estimate of drug-likeness (QED) is 0.0823. The van der Waals surface area contributed by atoms with Gasteiger partial charge in [0.15, 0.2) is 0 Å². The van der Waals surface area contributed by atoms with Crippen LogP contribution in [0, 0.1) is 64.2 Å². The summed E-state index contributed by atoms with van der Waals surface area (Å²) in [4.78, 5) is 0. The molecule has 0 spiro atoms. The van der Waals surface area contributed by atoms with Gasteiger partial charge in [0, 0.05) is 38.6 Å². The Hall–Kier alpha value is 3.17.